The van der Waals surface area contributed by atoms with E-state index in [-0.39, 0.29) is 17.1 Å². The highest BCUT2D eigenvalue weighted by molar-refractivity contribution is 7.80. The Hall–Kier alpha value is -3.19. The number of aryl methyl sites for hydroxylation is 2. The van der Waals surface area contributed by atoms with E-state index in [9.17, 15) is 9.18 Å². The van der Waals surface area contributed by atoms with Crippen molar-refractivity contribution in [3.05, 3.63) is 86.1 Å². The van der Waals surface area contributed by atoms with E-state index >= 15 is 0 Å². The molecular weight excluding hydrogens is 425 g/mol. The molecule has 3 aromatic rings. The van der Waals surface area contributed by atoms with Gasteiger partial charge in [-0.25, -0.2) is 4.39 Å². The maximum Gasteiger partial charge on any atom is 0.276 e. The number of fused-ring (bicyclic) bond motifs is 1. The van der Waals surface area contributed by atoms with Gasteiger partial charge in [-0.15, -0.1) is 0 Å². The van der Waals surface area contributed by atoms with Crippen LogP contribution in [-0.4, -0.2) is 16.5 Å². The highest BCUT2D eigenvalue weighted by Gasteiger charge is 2.34. The number of nitrogens with one attached hydrogen (secondary N) is 1. The summed E-state index contributed by atoms with van der Waals surface area (Å²) in [6.07, 6.45) is 0.398. The molecule has 2 aromatic carbocycles. The predicted molar refractivity (Wildman–Crippen MR) is 131 cm³/mol. The van der Waals surface area contributed by atoms with Crippen molar-refractivity contribution < 1.29 is 9.13 Å². The van der Waals surface area contributed by atoms with Crippen molar-refractivity contribution in [1.82, 2.24) is 4.57 Å². The molecule has 0 unspecified atom stereocenters. The van der Waals surface area contributed by atoms with Crippen molar-refractivity contribution in [2.24, 2.45) is 0 Å². The number of anilines is 2. The average Bonchev–Trinajstić information content (AvgIpc) is 3.04. The molecule has 166 valence electrons. The van der Waals surface area contributed by atoms with Gasteiger partial charge in [-0.2, -0.15) is 0 Å². The Labute approximate surface area is 192 Å². The van der Waals surface area contributed by atoms with E-state index in [0.717, 1.165) is 16.7 Å². The highest BCUT2D eigenvalue weighted by atomic mass is 32.1. The minimum Gasteiger partial charge on any atom is -0.494 e. The fourth-order valence-electron chi connectivity index (χ4n) is 4.37. The van der Waals surface area contributed by atoms with E-state index in [1.165, 1.54) is 17.7 Å². The zero-order valence-corrected chi connectivity index (χ0v) is 19.4. The first-order valence-corrected chi connectivity index (χ1v) is 10.8. The molecule has 4 rings (SSSR count). The minimum absolute atomic E-state index is 0.137. The third kappa shape index (κ3) is 3.77. The van der Waals surface area contributed by atoms with Crippen LogP contribution in [0.1, 0.15) is 46.1 Å². The zero-order chi connectivity index (χ0) is 23.2. The van der Waals surface area contributed by atoms with Gasteiger partial charge < -0.3 is 15.8 Å². The summed E-state index contributed by atoms with van der Waals surface area (Å²) in [7, 11) is 1.56. The van der Waals surface area contributed by atoms with Gasteiger partial charge in [0.05, 0.1) is 7.11 Å². The number of pyridine rings is 1. The fourth-order valence-corrected chi connectivity index (χ4v) is 4.72. The Morgan fingerprint density at radius 3 is 2.69 bits per heavy atom. The molecule has 5 nitrogen and oxygen atoms in total. The number of halogens is 1. The number of ether oxygens (including phenoxy) is 1. The van der Waals surface area contributed by atoms with Crippen molar-refractivity contribution in [2.75, 3.05) is 18.2 Å². The smallest absolute Gasteiger partial charge is 0.276 e. The monoisotopic (exact) mass is 451 g/mol. The molecule has 32 heavy (non-hydrogen) atoms. The van der Waals surface area contributed by atoms with Crippen LogP contribution in [0.15, 0.2) is 41.2 Å². The van der Waals surface area contributed by atoms with Crippen LogP contribution < -0.4 is 21.3 Å². The van der Waals surface area contributed by atoms with Gasteiger partial charge in [0.1, 0.15) is 29.1 Å². The Kier molecular flexibility index (Phi) is 5.77. The van der Waals surface area contributed by atoms with Gasteiger partial charge in [0.15, 0.2) is 0 Å². The number of aromatic nitrogens is 1. The van der Waals surface area contributed by atoms with E-state index in [0.29, 0.717) is 40.4 Å². The predicted octanol–water partition coefficient (Wildman–Crippen LogP) is 4.83. The van der Waals surface area contributed by atoms with E-state index in [4.69, 9.17) is 22.7 Å². The van der Waals surface area contributed by atoms with Crippen molar-refractivity contribution in [3.8, 4) is 5.75 Å². The summed E-state index contributed by atoms with van der Waals surface area (Å²) in [6.45, 7) is 5.92. The SMILES string of the molecule is COc1c(Cc2cccc(C)c2C)c(N)c(=O)n2c1C(=S)C[C@@H]2Nc1cc(C)cc(F)c1. The Balaban J connectivity index is 1.82. The van der Waals surface area contributed by atoms with Crippen LogP contribution in [0.4, 0.5) is 15.8 Å². The standard InChI is InChI=1S/C25H26FN3O2S/c1-13-8-17(26)11-18(9-13)28-21-12-20(32)23-24(31-4)19(22(27)25(30)29(21)23)10-16-7-5-6-14(2)15(16)3/h5-9,11,21,28H,10,12,27H2,1-4H3/t21-/m1/s1. The van der Waals surface area contributed by atoms with E-state index < -0.39 is 6.17 Å². The van der Waals surface area contributed by atoms with Gasteiger partial charge in [0.2, 0.25) is 0 Å². The summed E-state index contributed by atoms with van der Waals surface area (Å²) in [5.41, 5.74) is 12.1. The molecule has 1 aromatic heterocycles. The first-order chi connectivity index (χ1) is 15.2. The lowest BCUT2D eigenvalue weighted by Crippen LogP contribution is -2.31. The molecule has 7 heteroatoms. The van der Waals surface area contributed by atoms with Crippen molar-refractivity contribution in [1.29, 1.82) is 0 Å². The number of hydrogen-bond acceptors (Lipinski definition) is 5. The maximum absolute atomic E-state index is 13.9. The van der Waals surface area contributed by atoms with Gasteiger partial charge in [-0.1, -0.05) is 30.4 Å². The van der Waals surface area contributed by atoms with Crippen LogP contribution in [0.5, 0.6) is 5.75 Å². The van der Waals surface area contributed by atoms with E-state index in [2.05, 4.69) is 25.2 Å². The van der Waals surface area contributed by atoms with E-state index in [1.54, 1.807) is 11.7 Å². The molecular formula is C25H26FN3O2S. The number of hydrogen-bond donors (Lipinski definition) is 2. The second kappa shape index (κ2) is 8.39. The minimum atomic E-state index is -0.475. The number of rotatable bonds is 5. The summed E-state index contributed by atoms with van der Waals surface area (Å²) in [5.74, 6) is 0.175. The quantitative estimate of drug-likeness (QED) is 0.544. The Morgan fingerprint density at radius 2 is 2.00 bits per heavy atom. The van der Waals surface area contributed by atoms with Gasteiger partial charge in [0, 0.05) is 29.0 Å². The van der Waals surface area contributed by atoms with Crippen LogP contribution in [0.3, 0.4) is 0 Å². The van der Waals surface area contributed by atoms with Crippen LogP contribution in [-0.2, 0) is 6.42 Å². The fraction of sp³-hybridized carbons (Fsp3) is 0.280. The molecule has 0 aliphatic carbocycles. The lowest BCUT2D eigenvalue weighted by Gasteiger charge is -2.21. The summed E-state index contributed by atoms with van der Waals surface area (Å²) in [5, 5.41) is 3.24. The second-order valence-corrected chi connectivity index (χ2v) is 8.78. The largest absolute Gasteiger partial charge is 0.494 e. The lowest BCUT2D eigenvalue weighted by atomic mass is 9.96. The lowest BCUT2D eigenvalue weighted by molar-refractivity contribution is 0.402. The Bertz CT molecular complexity index is 1280. The van der Waals surface area contributed by atoms with Crippen LogP contribution >= 0.6 is 12.2 Å². The number of nitrogens with two attached hydrogens (primary N) is 1. The highest BCUT2D eigenvalue weighted by Crippen LogP contribution is 2.37. The van der Waals surface area contributed by atoms with Gasteiger partial charge in [-0.05, 0) is 61.2 Å². The topological polar surface area (TPSA) is 69.3 Å². The second-order valence-electron chi connectivity index (χ2n) is 8.29. The molecule has 0 spiro atoms. The van der Waals surface area contributed by atoms with Crippen molar-refractivity contribution in [3.63, 3.8) is 0 Å². The molecule has 2 heterocycles. The summed E-state index contributed by atoms with van der Waals surface area (Å²) in [6, 6.07) is 10.7. The zero-order valence-electron chi connectivity index (χ0n) is 18.6. The number of nitrogen functional groups attached to an aromatic ring is 1. The molecule has 1 atom stereocenters. The van der Waals surface area contributed by atoms with Crippen molar-refractivity contribution >= 4 is 28.5 Å². The van der Waals surface area contributed by atoms with Gasteiger partial charge in [0.25, 0.3) is 5.56 Å². The van der Waals surface area contributed by atoms with Gasteiger partial charge >= 0.3 is 0 Å². The third-order valence-electron chi connectivity index (χ3n) is 6.12. The number of methoxy groups -OCH3 is 1. The molecule has 0 radical (unpaired) electrons. The molecule has 0 amide bonds. The number of nitrogens with zero attached hydrogens (tertiary/aromatic N) is 1. The molecule has 0 saturated heterocycles. The Morgan fingerprint density at radius 1 is 1.25 bits per heavy atom. The van der Waals surface area contributed by atoms with E-state index in [1.807, 2.05) is 25.1 Å². The summed E-state index contributed by atoms with van der Waals surface area (Å²) >= 11 is 5.65. The number of benzene rings is 2. The average molecular weight is 452 g/mol. The van der Waals surface area contributed by atoms with Crippen LogP contribution in [0.25, 0.3) is 0 Å². The normalized spacial score (nSPS) is 15.0. The first kappa shape index (κ1) is 22.0. The number of thiocarbonyl (C=S) groups is 1. The van der Waals surface area contributed by atoms with Crippen molar-refractivity contribution in [2.45, 2.75) is 39.8 Å². The third-order valence-corrected chi connectivity index (χ3v) is 6.48. The summed E-state index contributed by atoms with van der Waals surface area (Å²) in [4.78, 5) is 14.0. The van der Waals surface area contributed by atoms with Crippen LogP contribution in [0.2, 0.25) is 0 Å². The molecule has 0 saturated carbocycles. The molecule has 3 N–H and O–H groups in total. The first-order valence-electron chi connectivity index (χ1n) is 10.4. The molecule has 0 bridgehead atoms. The summed E-state index contributed by atoms with van der Waals surface area (Å²) < 4.78 is 21.2. The maximum atomic E-state index is 13.9. The molecule has 1 aliphatic rings. The van der Waals surface area contributed by atoms with Gasteiger partial charge in [-0.3, -0.25) is 9.36 Å². The molecule has 1 aliphatic heterocycles. The van der Waals surface area contributed by atoms with Crippen LogP contribution in [0, 0.1) is 26.6 Å². The molecule has 0 fully saturated rings.